The number of rotatable bonds is 4. The van der Waals surface area contributed by atoms with Gasteiger partial charge in [0.15, 0.2) is 11.5 Å². The Morgan fingerprint density at radius 1 is 0.885 bits per heavy atom. The van der Waals surface area contributed by atoms with E-state index < -0.39 is 0 Å². The quantitative estimate of drug-likeness (QED) is 0.698. The minimum Gasteiger partial charge on any atom is -0.457 e. The van der Waals surface area contributed by atoms with Crippen molar-refractivity contribution in [1.82, 2.24) is 0 Å². The predicted octanol–water partition coefficient (Wildman–Crippen LogP) is 4.48. The third-order valence-electron chi connectivity index (χ3n) is 4.13. The third kappa shape index (κ3) is 3.07. The first-order valence-corrected chi connectivity index (χ1v) is 8.22. The zero-order valence-corrected chi connectivity index (χ0v) is 14.2. The number of ether oxygens (including phenoxy) is 3. The molecule has 0 atom stereocenters. The molecule has 0 bridgehead atoms. The number of hydrogen-bond donors (Lipinski definition) is 0. The third-order valence-corrected chi connectivity index (χ3v) is 4.13. The first-order chi connectivity index (χ1) is 12.7. The van der Waals surface area contributed by atoms with Crippen molar-refractivity contribution >= 4 is 11.6 Å². The molecule has 0 saturated heterocycles. The Morgan fingerprint density at radius 3 is 2.38 bits per heavy atom. The fraction of sp³-hybridized carbons (Fsp3) is 0.0952. The molecule has 1 heterocycles. The van der Waals surface area contributed by atoms with Gasteiger partial charge >= 0.3 is 0 Å². The zero-order valence-electron chi connectivity index (χ0n) is 14.2. The maximum Gasteiger partial charge on any atom is 0.261 e. The smallest absolute Gasteiger partial charge is 0.261 e. The molecule has 0 spiro atoms. The molecule has 3 aromatic rings. The summed E-state index contributed by atoms with van der Waals surface area (Å²) in [7, 11) is 1.73. The van der Waals surface area contributed by atoms with E-state index in [2.05, 4.69) is 0 Å². The number of carbonyl (C=O) groups excluding carboxylic acids is 1. The van der Waals surface area contributed by atoms with E-state index in [1.807, 2.05) is 54.6 Å². The van der Waals surface area contributed by atoms with E-state index in [0.29, 0.717) is 22.8 Å². The molecule has 1 aliphatic rings. The lowest BCUT2D eigenvalue weighted by Crippen LogP contribution is -2.26. The molecule has 130 valence electrons. The molecule has 1 amide bonds. The summed E-state index contributed by atoms with van der Waals surface area (Å²) in [6.07, 6.45) is 0. The fourth-order valence-electron chi connectivity index (χ4n) is 2.76. The molecule has 4 rings (SSSR count). The van der Waals surface area contributed by atoms with E-state index in [1.165, 1.54) is 0 Å². The van der Waals surface area contributed by atoms with Gasteiger partial charge in [0, 0.05) is 12.7 Å². The van der Waals surface area contributed by atoms with Gasteiger partial charge < -0.3 is 19.1 Å². The number of anilines is 1. The van der Waals surface area contributed by atoms with Crippen molar-refractivity contribution in [3.05, 3.63) is 78.4 Å². The van der Waals surface area contributed by atoms with Gasteiger partial charge in [-0.25, -0.2) is 0 Å². The van der Waals surface area contributed by atoms with Crippen molar-refractivity contribution in [2.24, 2.45) is 0 Å². The van der Waals surface area contributed by atoms with Gasteiger partial charge in [0.2, 0.25) is 6.79 Å². The molecule has 5 heteroatoms. The Balaban J connectivity index is 1.52. The summed E-state index contributed by atoms with van der Waals surface area (Å²) >= 11 is 0. The van der Waals surface area contributed by atoms with Crippen LogP contribution in [0.15, 0.2) is 72.8 Å². The van der Waals surface area contributed by atoms with Gasteiger partial charge in [-0.05, 0) is 48.5 Å². The van der Waals surface area contributed by atoms with Crippen LogP contribution >= 0.6 is 0 Å². The largest absolute Gasteiger partial charge is 0.457 e. The summed E-state index contributed by atoms with van der Waals surface area (Å²) in [5.74, 6) is 2.40. The lowest BCUT2D eigenvalue weighted by Gasteiger charge is -2.18. The van der Waals surface area contributed by atoms with E-state index in [4.69, 9.17) is 14.2 Å². The highest BCUT2D eigenvalue weighted by molar-refractivity contribution is 6.08. The molecular weight excluding hydrogens is 330 g/mol. The number of amides is 1. The van der Waals surface area contributed by atoms with E-state index in [-0.39, 0.29) is 12.7 Å². The highest BCUT2D eigenvalue weighted by Gasteiger charge is 2.24. The number of benzene rings is 3. The van der Waals surface area contributed by atoms with Gasteiger partial charge in [0.1, 0.15) is 11.5 Å². The van der Waals surface area contributed by atoms with Gasteiger partial charge in [0.25, 0.3) is 5.91 Å². The Hall–Kier alpha value is -3.47. The molecule has 0 aromatic heterocycles. The van der Waals surface area contributed by atoms with Gasteiger partial charge in [-0.15, -0.1) is 0 Å². The number of nitrogens with zero attached hydrogens (tertiary/aromatic N) is 1. The second-order valence-electron chi connectivity index (χ2n) is 5.81. The zero-order chi connectivity index (χ0) is 17.9. The second-order valence-corrected chi connectivity index (χ2v) is 5.81. The highest BCUT2D eigenvalue weighted by atomic mass is 16.7. The summed E-state index contributed by atoms with van der Waals surface area (Å²) in [4.78, 5) is 14.4. The first-order valence-electron chi connectivity index (χ1n) is 8.22. The van der Waals surface area contributed by atoms with Crippen LogP contribution in [-0.2, 0) is 0 Å². The van der Waals surface area contributed by atoms with E-state index >= 15 is 0 Å². The van der Waals surface area contributed by atoms with Gasteiger partial charge in [0.05, 0.1) is 5.56 Å². The monoisotopic (exact) mass is 347 g/mol. The summed E-state index contributed by atoms with van der Waals surface area (Å²) in [6.45, 7) is 0.134. The molecule has 0 fully saturated rings. The summed E-state index contributed by atoms with van der Waals surface area (Å²) in [6, 6.07) is 22.2. The molecule has 0 radical (unpaired) electrons. The average Bonchev–Trinajstić information content (AvgIpc) is 3.17. The van der Waals surface area contributed by atoms with Crippen molar-refractivity contribution < 1.29 is 19.0 Å². The molecule has 5 nitrogen and oxygen atoms in total. The topological polar surface area (TPSA) is 48.0 Å². The molecule has 26 heavy (non-hydrogen) atoms. The summed E-state index contributed by atoms with van der Waals surface area (Å²) in [5, 5.41) is 0. The lowest BCUT2D eigenvalue weighted by atomic mass is 10.1. The van der Waals surface area contributed by atoms with E-state index in [0.717, 1.165) is 11.4 Å². The molecule has 3 aromatic carbocycles. The summed E-state index contributed by atoms with van der Waals surface area (Å²) < 4.78 is 16.5. The number of fused-ring (bicyclic) bond motifs is 1. The average molecular weight is 347 g/mol. The molecular formula is C21H17NO4. The van der Waals surface area contributed by atoms with Gasteiger partial charge in [-0.2, -0.15) is 0 Å². The Morgan fingerprint density at radius 2 is 1.62 bits per heavy atom. The number of para-hydroxylation sites is 2. The fourth-order valence-corrected chi connectivity index (χ4v) is 2.76. The summed E-state index contributed by atoms with van der Waals surface area (Å²) in [5.41, 5.74) is 1.24. The SMILES string of the molecule is CN(C(=O)c1cccc2c1OCO2)c1ccc(Oc2ccccc2)cc1. The molecule has 0 aliphatic carbocycles. The van der Waals surface area contributed by atoms with Crippen molar-refractivity contribution in [3.8, 4) is 23.0 Å². The first kappa shape index (κ1) is 16.0. The van der Waals surface area contributed by atoms with Crippen LogP contribution in [0.2, 0.25) is 0 Å². The standard InChI is InChI=1S/C21H17NO4/c1-22(21(23)18-8-5-9-19-20(18)25-14-24-19)15-10-12-17(13-11-15)26-16-6-3-2-4-7-16/h2-13H,14H2,1H3. The van der Waals surface area contributed by atoms with Gasteiger partial charge in [-0.3, -0.25) is 4.79 Å². The van der Waals surface area contributed by atoms with Crippen molar-refractivity contribution in [2.45, 2.75) is 0 Å². The van der Waals surface area contributed by atoms with Gasteiger partial charge in [-0.1, -0.05) is 24.3 Å². The van der Waals surface area contributed by atoms with E-state index in [9.17, 15) is 4.79 Å². The highest BCUT2D eigenvalue weighted by Crippen LogP contribution is 2.36. The van der Waals surface area contributed by atoms with Crippen LogP contribution in [0, 0.1) is 0 Å². The van der Waals surface area contributed by atoms with Crippen LogP contribution in [0.1, 0.15) is 10.4 Å². The van der Waals surface area contributed by atoms with Crippen LogP contribution in [-0.4, -0.2) is 19.7 Å². The minimum atomic E-state index is -0.163. The van der Waals surface area contributed by atoms with Crippen molar-refractivity contribution in [1.29, 1.82) is 0 Å². The molecule has 0 N–H and O–H groups in total. The van der Waals surface area contributed by atoms with Crippen LogP contribution in [0.5, 0.6) is 23.0 Å². The number of hydrogen-bond acceptors (Lipinski definition) is 4. The molecule has 0 unspecified atom stereocenters. The van der Waals surface area contributed by atoms with E-state index in [1.54, 1.807) is 30.1 Å². The number of carbonyl (C=O) groups is 1. The minimum absolute atomic E-state index is 0.134. The predicted molar refractivity (Wildman–Crippen MR) is 98.3 cm³/mol. The van der Waals surface area contributed by atoms with Crippen LogP contribution in [0.25, 0.3) is 0 Å². The Labute approximate surface area is 151 Å². The van der Waals surface area contributed by atoms with Crippen LogP contribution in [0.3, 0.4) is 0 Å². The van der Waals surface area contributed by atoms with Crippen molar-refractivity contribution in [2.75, 3.05) is 18.7 Å². The Bertz CT molecular complexity index is 923. The van der Waals surface area contributed by atoms with Crippen LogP contribution in [0.4, 0.5) is 5.69 Å². The molecule has 0 saturated carbocycles. The van der Waals surface area contributed by atoms with Crippen molar-refractivity contribution in [3.63, 3.8) is 0 Å². The molecule has 1 aliphatic heterocycles. The maximum atomic E-state index is 12.8. The Kier molecular flexibility index (Phi) is 4.19. The van der Waals surface area contributed by atoms with Crippen LogP contribution < -0.4 is 19.1 Å². The lowest BCUT2D eigenvalue weighted by molar-refractivity contribution is 0.0988. The second kappa shape index (κ2) is 6.80. The normalized spacial score (nSPS) is 11.9. The maximum absolute atomic E-state index is 12.8.